The van der Waals surface area contributed by atoms with Crippen LogP contribution < -0.4 is 0 Å². The summed E-state index contributed by atoms with van der Waals surface area (Å²) in [4.78, 5) is 17.4. The lowest BCUT2D eigenvalue weighted by Crippen LogP contribution is -2.37. The molecule has 0 N–H and O–H groups in total. The zero-order valence-electron chi connectivity index (χ0n) is 16.5. The van der Waals surface area contributed by atoms with Gasteiger partial charge in [-0.15, -0.1) is 5.10 Å². The molecular weight excluding hydrogens is 404 g/mol. The number of ketones is 1. The van der Waals surface area contributed by atoms with Gasteiger partial charge in [0.15, 0.2) is 0 Å². The Morgan fingerprint density at radius 3 is 1.71 bits per heavy atom. The molecule has 0 amide bonds. The molecule has 150 valence electrons. The van der Waals surface area contributed by atoms with E-state index in [2.05, 4.69) is 51.0 Å². The van der Waals surface area contributed by atoms with Gasteiger partial charge in [0.05, 0.1) is 6.33 Å². The van der Waals surface area contributed by atoms with Gasteiger partial charge in [-0.05, 0) is 28.2 Å². The summed E-state index contributed by atoms with van der Waals surface area (Å²) in [6, 6.07) is 30.8. The molecule has 5 aromatic rings. The van der Waals surface area contributed by atoms with Gasteiger partial charge in [-0.2, -0.15) is 0 Å². The molecule has 0 aliphatic heterocycles. The third-order valence-corrected chi connectivity index (χ3v) is 5.87. The number of carbonyl (C=O) groups excluding carboxylic acids is 1. The van der Waals surface area contributed by atoms with Crippen LogP contribution in [0, 0.1) is 0 Å². The Labute approximate surface area is 183 Å². The predicted octanol–water partition coefficient (Wildman–Crippen LogP) is 4.81. The number of nitrogens with zero attached hydrogens (tertiary/aromatic N) is 4. The van der Waals surface area contributed by atoms with E-state index in [-0.39, 0.29) is 5.78 Å². The Hall–Kier alpha value is -3.90. The number of imidazole rings is 1. The normalized spacial score (nSPS) is 11.4. The Bertz CT molecular complexity index is 1190. The molecule has 0 aliphatic carbocycles. The summed E-state index contributed by atoms with van der Waals surface area (Å²) < 4.78 is 5.82. The van der Waals surface area contributed by atoms with Gasteiger partial charge < -0.3 is 4.57 Å². The maximum absolute atomic E-state index is 12.9. The molecular formula is C25H18N4OS. The lowest BCUT2D eigenvalue weighted by atomic mass is 9.77. The predicted molar refractivity (Wildman–Crippen MR) is 120 cm³/mol. The maximum atomic E-state index is 12.9. The van der Waals surface area contributed by atoms with Crippen molar-refractivity contribution < 1.29 is 4.79 Å². The van der Waals surface area contributed by atoms with Crippen LogP contribution in [-0.2, 0) is 5.54 Å². The molecule has 3 aromatic carbocycles. The minimum Gasteiger partial charge on any atom is -0.318 e. The molecule has 0 aliphatic rings. The summed E-state index contributed by atoms with van der Waals surface area (Å²) in [6.45, 7) is 0. The van der Waals surface area contributed by atoms with E-state index in [4.69, 9.17) is 0 Å². The first-order valence-electron chi connectivity index (χ1n) is 9.83. The summed E-state index contributed by atoms with van der Waals surface area (Å²) in [5.41, 5.74) is 3.15. The first-order valence-corrected chi connectivity index (χ1v) is 10.7. The molecule has 0 bridgehead atoms. The van der Waals surface area contributed by atoms with Crippen molar-refractivity contribution in [2.75, 3.05) is 0 Å². The highest BCUT2D eigenvalue weighted by atomic mass is 32.1. The number of carbonyl (C=O) groups is 1. The zero-order chi connectivity index (χ0) is 21.1. The summed E-state index contributed by atoms with van der Waals surface area (Å²) in [6.07, 6.45) is 3.52. The van der Waals surface area contributed by atoms with E-state index in [1.807, 2.05) is 59.2 Å². The molecule has 0 fully saturated rings. The van der Waals surface area contributed by atoms with Gasteiger partial charge in [0, 0.05) is 11.6 Å². The van der Waals surface area contributed by atoms with Crippen LogP contribution in [0.4, 0.5) is 0 Å². The summed E-state index contributed by atoms with van der Waals surface area (Å²) in [5, 5.41) is 5.55. The van der Waals surface area contributed by atoms with Gasteiger partial charge in [-0.1, -0.05) is 95.5 Å². The first kappa shape index (κ1) is 19.1. The van der Waals surface area contributed by atoms with Crippen LogP contribution in [0.1, 0.15) is 32.9 Å². The molecule has 0 saturated carbocycles. The van der Waals surface area contributed by atoms with Crippen molar-refractivity contribution in [3.63, 3.8) is 0 Å². The van der Waals surface area contributed by atoms with Crippen LogP contribution >= 0.6 is 11.5 Å². The van der Waals surface area contributed by atoms with Gasteiger partial charge in [-0.3, -0.25) is 4.79 Å². The average Bonchev–Trinajstić information content (AvgIpc) is 3.55. The third-order valence-electron chi connectivity index (χ3n) is 5.37. The van der Waals surface area contributed by atoms with Crippen LogP contribution in [0.15, 0.2) is 109 Å². The molecule has 2 heterocycles. The van der Waals surface area contributed by atoms with Crippen LogP contribution in [0.2, 0.25) is 0 Å². The summed E-state index contributed by atoms with van der Waals surface area (Å²) in [7, 11) is 0. The summed E-state index contributed by atoms with van der Waals surface area (Å²) in [5.74, 6) is -0.240. The Morgan fingerprint density at radius 1 is 0.742 bits per heavy atom. The largest absolute Gasteiger partial charge is 0.318 e. The van der Waals surface area contributed by atoms with Gasteiger partial charge >= 0.3 is 0 Å². The summed E-state index contributed by atoms with van der Waals surface area (Å²) >= 11 is 1.15. The van der Waals surface area contributed by atoms with Crippen LogP contribution in [0.25, 0.3) is 0 Å². The maximum Gasteiger partial charge on any atom is 0.234 e. The number of aromatic nitrogens is 4. The van der Waals surface area contributed by atoms with Gasteiger partial charge in [0.2, 0.25) is 5.78 Å². The lowest BCUT2D eigenvalue weighted by Gasteiger charge is -2.37. The molecule has 0 spiro atoms. The van der Waals surface area contributed by atoms with Crippen molar-refractivity contribution in [1.29, 1.82) is 0 Å². The van der Waals surface area contributed by atoms with E-state index in [1.54, 1.807) is 17.9 Å². The van der Waals surface area contributed by atoms with E-state index in [0.717, 1.165) is 28.2 Å². The molecule has 6 heteroatoms. The zero-order valence-corrected chi connectivity index (χ0v) is 17.3. The molecule has 0 atom stereocenters. The van der Waals surface area contributed by atoms with Crippen LogP contribution in [0.5, 0.6) is 0 Å². The molecule has 31 heavy (non-hydrogen) atoms. The van der Waals surface area contributed by atoms with Crippen molar-refractivity contribution in [3.05, 3.63) is 137 Å². The van der Waals surface area contributed by atoms with Crippen molar-refractivity contribution in [2.24, 2.45) is 0 Å². The third kappa shape index (κ3) is 3.27. The highest BCUT2D eigenvalue weighted by molar-refractivity contribution is 7.03. The van der Waals surface area contributed by atoms with E-state index < -0.39 is 5.54 Å². The fraction of sp³-hybridized carbons (Fsp3) is 0.0400. The second-order valence-electron chi connectivity index (χ2n) is 7.09. The van der Waals surface area contributed by atoms with Crippen LogP contribution in [0.3, 0.4) is 0 Å². The second kappa shape index (κ2) is 8.08. The van der Waals surface area contributed by atoms with E-state index >= 15 is 0 Å². The molecule has 0 radical (unpaired) electrons. The lowest BCUT2D eigenvalue weighted by molar-refractivity contribution is 0.103. The quantitative estimate of drug-likeness (QED) is 0.291. The number of hydrogen-bond donors (Lipinski definition) is 0. The molecule has 0 saturated heterocycles. The van der Waals surface area contributed by atoms with Crippen molar-refractivity contribution in [2.45, 2.75) is 5.54 Å². The average molecular weight is 423 g/mol. The molecule has 5 nitrogen and oxygen atoms in total. The number of hydrogen-bond acceptors (Lipinski definition) is 5. The number of benzene rings is 3. The Morgan fingerprint density at radius 2 is 1.26 bits per heavy atom. The smallest absolute Gasteiger partial charge is 0.234 e. The van der Waals surface area contributed by atoms with Crippen LogP contribution in [-0.4, -0.2) is 24.9 Å². The highest BCUT2D eigenvalue weighted by Crippen LogP contribution is 2.40. The van der Waals surface area contributed by atoms with Crippen molar-refractivity contribution in [3.8, 4) is 0 Å². The molecule has 2 aromatic heterocycles. The van der Waals surface area contributed by atoms with Gasteiger partial charge in [0.1, 0.15) is 16.9 Å². The van der Waals surface area contributed by atoms with E-state index in [0.29, 0.717) is 11.4 Å². The topological polar surface area (TPSA) is 60.7 Å². The Balaban J connectivity index is 1.78. The fourth-order valence-corrected chi connectivity index (χ4v) is 4.44. The van der Waals surface area contributed by atoms with Gasteiger partial charge in [-0.25, -0.2) is 4.98 Å². The Kier molecular flexibility index (Phi) is 4.98. The molecule has 5 rings (SSSR count). The number of rotatable bonds is 6. The monoisotopic (exact) mass is 422 g/mol. The minimum absolute atomic E-state index is 0.240. The standard InChI is InChI=1S/C25H18N4OS/c30-24(23-17-31-28-27-23)22-16-29(18-26-22)25(19-10-4-1-5-11-19,20-12-6-2-7-13-20)21-14-8-3-9-15-21/h1-18H. The van der Waals surface area contributed by atoms with Crippen molar-refractivity contribution in [1.82, 2.24) is 19.1 Å². The highest BCUT2D eigenvalue weighted by Gasteiger charge is 2.38. The molecule has 0 unspecified atom stereocenters. The SMILES string of the molecule is O=C(c1cn(C(c2ccccc2)(c2ccccc2)c2ccccc2)cn1)c1csnn1. The minimum atomic E-state index is -0.699. The first-order chi connectivity index (χ1) is 15.3. The van der Waals surface area contributed by atoms with Gasteiger partial charge in [0.25, 0.3) is 0 Å². The second-order valence-corrected chi connectivity index (χ2v) is 7.70. The van der Waals surface area contributed by atoms with E-state index in [9.17, 15) is 4.79 Å². The van der Waals surface area contributed by atoms with Crippen molar-refractivity contribution >= 4 is 17.3 Å². The fourth-order valence-electron chi connectivity index (χ4n) is 4.00. The van der Waals surface area contributed by atoms with E-state index in [1.165, 1.54) is 0 Å².